The van der Waals surface area contributed by atoms with Gasteiger partial charge in [-0.25, -0.2) is 0 Å². The minimum Gasteiger partial charge on any atom is -0.378 e. The van der Waals surface area contributed by atoms with Gasteiger partial charge < -0.3 is 20.1 Å². The maximum Gasteiger partial charge on any atom is 0.245 e. The van der Waals surface area contributed by atoms with E-state index in [4.69, 9.17) is 9.47 Å². The summed E-state index contributed by atoms with van der Waals surface area (Å²) in [5.41, 5.74) is 0. The summed E-state index contributed by atoms with van der Waals surface area (Å²) in [6, 6.07) is -0.667. The Balaban J connectivity index is 2.50. The number of ether oxygens (including phenoxy) is 2. The minimum atomic E-state index is -0.667. The highest BCUT2D eigenvalue weighted by molar-refractivity contribution is 5.87. The number of likely N-dealkylation sites (N-methyl/N-ethyl adjacent to an activating group) is 1. The smallest absolute Gasteiger partial charge is 0.245 e. The van der Waals surface area contributed by atoms with Crippen molar-refractivity contribution in [1.82, 2.24) is 10.6 Å². The van der Waals surface area contributed by atoms with E-state index in [1.807, 2.05) is 0 Å². The number of hydrogen-bond acceptors (Lipinski definition) is 4. The summed E-state index contributed by atoms with van der Waals surface area (Å²) >= 11 is 0. The Morgan fingerprint density at radius 1 is 1.45 bits per heavy atom. The monoisotopic (exact) mass is 286 g/mol. The maximum absolute atomic E-state index is 11.8. The van der Waals surface area contributed by atoms with E-state index in [9.17, 15) is 9.59 Å². The lowest BCUT2D eigenvalue weighted by Crippen LogP contribution is -2.52. The van der Waals surface area contributed by atoms with Crippen LogP contribution in [0.5, 0.6) is 0 Å². The standard InChI is InChI=1S/C14H26N2O4/c1-5-12-11(6-7-19-12)8-20-9(2)13(14(18)15-4)16-10(3)17/h9,11-13H,5-8H2,1-4H3,(H,15,18)(H,16,17)/t9?,11?,12-,13?/m0/s1. The zero-order chi connectivity index (χ0) is 15.1. The zero-order valence-electron chi connectivity index (χ0n) is 12.8. The van der Waals surface area contributed by atoms with Gasteiger partial charge in [0.2, 0.25) is 11.8 Å². The summed E-state index contributed by atoms with van der Waals surface area (Å²) < 4.78 is 11.4. The average Bonchev–Trinajstić information content (AvgIpc) is 2.88. The highest BCUT2D eigenvalue weighted by atomic mass is 16.5. The topological polar surface area (TPSA) is 76.7 Å². The van der Waals surface area contributed by atoms with Gasteiger partial charge in [0, 0.05) is 26.5 Å². The van der Waals surface area contributed by atoms with Gasteiger partial charge in [-0.1, -0.05) is 6.92 Å². The molecule has 0 bridgehead atoms. The van der Waals surface area contributed by atoms with Crippen molar-refractivity contribution in [2.24, 2.45) is 5.92 Å². The fraction of sp³-hybridized carbons (Fsp3) is 0.857. The molecule has 6 nitrogen and oxygen atoms in total. The van der Waals surface area contributed by atoms with Crippen LogP contribution in [0, 0.1) is 5.92 Å². The average molecular weight is 286 g/mol. The maximum atomic E-state index is 11.8. The number of hydrogen-bond donors (Lipinski definition) is 2. The molecular weight excluding hydrogens is 260 g/mol. The van der Waals surface area contributed by atoms with Crippen molar-refractivity contribution in [3.8, 4) is 0 Å². The van der Waals surface area contributed by atoms with E-state index in [1.54, 1.807) is 14.0 Å². The number of nitrogens with one attached hydrogen (secondary N) is 2. The predicted molar refractivity (Wildman–Crippen MR) is 75.2 cm³/mol. The molecule has 1 heterocycles. The van der Waals surface area contributed by atoms with Gasteiger partial charge in [0.1, 0.15) is 6.04 Å². The van der Waals surface area contributed by atoms with Crippen LogP contribution in [0.15, 0.2) is 0 Å². The molecule has 2 amide bonds. The van der Waals surface area contributed by atoms with E-state index in [2.05, 4.69) is 17.6 Å². The van der Waals surface area contributed by atoms with Gasteiger partial charge >= 0.3 is 0 Å². The summed E-state index contributed by atoms with van der Waals surface area (Å²) in [5.74, 6) is -0.128. The summed E-state index contributed by atoms with van der Waals surface area (Å²) in [6.45, 7) is 6.60. The van der Waals surface area contributed by atoms with E-state index < -0.39 is 6.04 Å². The van der Waals surface area contributed by atoms with Gasteiger partial charge in [-0.05, 0) is 19.8 Å². The molecule has 4 atom stereocenters. The molecule has 20 heavy (non-hydrogen) atoms. The van der Waals surface area contributed by atoms with E-state index in [1.165, 1.54) is 6.92 Å². The van der Waals surface area contributed by atoms with Crippen LogP contribution in [0.25, 0.3) is 0 Å². The number of amides is 2. The normalized spacial score (nSPS) is 25.0. The van der Waals surface area contributed by atoms with Gasteiger partial charge in [-0.2, -0.15) is 0 Å². The van der Waals surface area contributed by atoms with E-state index in [0.29, 0.717) is 12.5 Å². The SMILES string of the molecule is CC[C@@H]1OCCC1COC(C)C(NC(C)=O)C(=O)NC. The Kier molecular flexibility index (Phi) is 6.95. The van der Waals surface area contributed by atoms with Crippen LogP contribution < -0.4 is 10.6 Å². The molecule has 1 rings (SSSR count). The van der Waals surface area contributed by atoms with Gasteiger partial charge in [-0.3, -0.25) is 9.59 Å². The van der Waals surface area contributed by atoms with Crippen LogP contribution >= 0.6 is 0 Å². The molecule has 2 N–H and O–H groups in total. The Labute approximate surface area is 120 Å². The Hall–Kier alpha value is -1.14. The molecule has 0 aromatic carbocycles. The third-order valence-corrected chi connectivity index (χ3v) is 3.68. The molecule has 1 fully saturated rings. The van der Waals surface area contributed by atoms with E-state index >= 15 is 0 Å². The Bertz CT molecular complexity index is 335. The first kappa shape index (κ1) is 16.9. The van der Waals surface area contributed by atoms with Gasteiger partial charge in [0.05, 0.1) is 18.8 Å². The largest absolute Gasteiger partial charge is 0.378 e. The first-order chi connectivity index (χ1) is 9.49. The van der Waals surface area contributed by atoms with Gasteiger partial charge in [0.15, 0.2) is 0 Å². The Morgan fingerprint density at radius 2 is 2.15 bits per heavy atom. The number of rotatable bonds is 7. The fourth-order valence-corrected chi connectivity index (χ4v) is 2.48. The third-order valence-electron chi connectivity index (χ3n) is 3.68. The third kappa shape index (κ3) is 4.76. The molecule has 116 valence electrons. The lowest BCUT2D eigenvalue weighted by atomic mass is 10.0. The molecule has 0 spiro atoms. The lowest BCUT2D eigenvalue weighted by molar-refractivity contribution is -0.132. The second-order valence-corrected chi connectivity index (χ2v) is 5.20. The second-order valence-electron chi connectivity index (χ2n) is 5.20. The van der Waals surface area contributed by atoms with Crippen LogP contribution in [-0.2, 0) is 19.1 Å². The summed E-state index contributed by atoms with van der Waals surface area (Å²) in [6.07, 6.45) is 1.81. The molecular formula is C14H26N2O4. The van der Waals surface area contributed by atoms with Crippen LogP contribution in [0.2, 0.25) is 0 Å². The van der Waals surface area contributed by atoms with Crippen molar-refractivity contribution >= 4 is 11.8 Å². The van der Waals surface area contributed by atoms with Crippen LogP contribution in [0.4, 0.5) is 0 Å². The second kappa shape index (κ2) is 8.21. The van der Waals surface area contributed by atoms with Crippen molar-refractivity contribution in [2.75, 3.05) is 20.3 Å². The minimum absolute atomic E-state index is 0.237. The number of carbonyl (C=O) groups excluding carboxylic acids is 2. The molecule has 1 aliphatic rings. The van der Waals surface area contributed by atoms with E-state index in [0.717, 1.165) is 19.4 Å². The highest BCUT2D eigenvalue weighted by Crippen LogP contribution is 2.24. The highest BCUT2D eigenvalue weighted by Gasteiger charge is 2.30. The van der Waals surface area contributed by atoms with Crippen LogP contribution in [-0.4, -0.2) is 50.3 Å². The summed E-state index contributed by atoms with van der Waals surface area (Å²) in [4.78, 5) is 22.9. The molecule has 0 saturated carbocycles. The zero-order valence-corrected chi connectivity index (χ0v) is 12.8. The molecule has 0 radical (unpaired) electrons. The fourth-order valence-electron chi connectivity index (χ4n) is 2.48. The predicted octanol–water partition coefficient (Wildman–Crippen LogP) is 0.457. The number of carbonyl (C=O) groups is 2. The first-order valence-electron chi connectivity index (χ1n) is 7.21. The van der Waals surface area contributed by atoms with E-state index in [-0.39, 0.29) is 24.0 Å². The quantitative estimate of drug-likeness (QED) is 0.713. The van der Waals surface area contributed by atoms with Crippen molar-refractivity contribution in [1.29, 1.82) is 0 Å². The van der Waals surface area contributed by atoms with Crippen molar-refractivity contribution in [2.45, 2.75) is 51.9 Å². The molecule has 0 aromatic rings. The van der Waals surface area contributed by atoms with Crippen molar-refractivity contribution < 1.29 is 19.1 Å². The molecule has 0 aromatic heterocycles. The van der Waals surface area contributed by atoms with Crippen molar-refractivity contribution in [3.63, 3.8) is 0 Å². The lowest BCUT2D eigenvalue weighted by Gasteiger charge is -2.25. The van der Waals surface area contributed by atoms with Crippen molar-refractivity contribution in [3.05, 3.63) is 0 Å². The van der Waals surface area contributed by atoms with Gasteiger partial charge in [0.25, 0.3) is 0 Å². The summed E-state index contributed by atoms with van der Waals surface area (Å²) in [5, 5.41) is 5.16. The molecule has 1 saturated heterocycles. The molecule has 6 heteroatoms. The molecule has 3 unspecified atom stereocenters. The van der Waals surface area contributed by atoms with Crippen LogP contribution in [0.3, 0.4) is 0 Å². The van der Waals surface area contributed by atoms with Crippen LogP contribution in [0.1, 0.15) is 33.6 Å². The first-order valence-corrected chi connectivity index (χ1v) is 7.21. The summed E-state index contributed by atoms with van der Waals surface area (Å²) in [7, 11) is 1.54. The molecule has 1 aliphatic heterocycles. The molecule has 0 aliphatic carbocycles. The Morgan fingerprint density at radius 3 is 2.70 bits per heavy atom. The van der Waals surface area contributed by atoms with Gasteiger partial charge in [-0.15, -0.1) is 0 Å².